The molecular weight excluding hydrogens is 733 g/mol. The lowest BCUT2D eigenvalue weighted by atomic mass is 9.95. The van der Waals surface area contributed by atoms with E-state index in [9.17, 15) is 0 Å². The van der Waals surface area contributed by atoms with E-state index in [1.807, 2.05) is 72.8 Å². The van der Waals surface area contributed by atoms with Crippen molar-refractivity contribution in [3.8, 4) is 56.4 Å². The average molecular weight is 769 g/mol. The second kappa shape index (κ2) is 15.0. The molecule has 0 aliphatic heterocycles. The molecule has 2 aromatic heterocycles. The summed E-state index contributed by atoms with van der Waals surface area (Å²) in [4.78, 5) is 17.4. The van der Waals surface area contributed by atoms with Crippen LogP contribution in [0.1, 0.15) is 0 Å². The number of anilines is 3. The average Bonchev–Trinajstić information content (AvgIpc) is 3.71. The lowest BCUT2D eigenvalue weighted by molar-refractivity contribution is 0.669. The van der Waals surface area contributed by atoms with E-state index in [1.165, 1.54) is 11.1 Å². The fraction of sp³-hybridized carbons (Fsp3) is 0. The van der Waals surface area contributed by atoms with Crippen molar-refractivity contribution in [1.82, 2.24) is 15.0 Å². The number of furan rings is 1. The van der Waals surface area contributed by atoms with Gasteiger partial charge in [-0.3, -0.25) is 0 Å². The van der Waals surface area contributed by atoms with Crippen LogP contribution in [-0.4, -0.2) is 15.0 Å². The molecule has 0 unspecified atom stereocenters. The highest BCUT2D eigenvalue weighted by atomic mass is 16.3. The van der Waals surface area contributed by atoms with Crippen molar-refractivity contribution in [2.45, 2.75) is 0 Å². The predicted octanol–water partition coefficient (Wildman–Crippen LogP) is 14.7. The second-order valence-electron chi connectivity index (χ2n) is 14.8. The molecule has 0 aliphatic rings. The third-order valence-corrected chi connectivity index (χ3v) is 11.1. The number of hydrogen-bond donors (Lipinski definition) is 0. The molecule has 9 aromatic carbocycles. The first kappa shape index (κ1) is 35.0. The Kier molecular flexibility index (Phi) is 8.75. The van der Waals surface area contributed by atoms with Crippen LogP contribution in [0.2, 0.25) is 0 Å². The molecule has 5 nitrogen and oxygen atoms in total. The van der Waals surface area contributed by atoms with Crippen molar-refractivity contribution in [2.24, 2.45) is 0 Å². The fourth-order valence-electron chi connectivity index (χ4n) is 8.28. The number of aromatic nitrogens is 3. The summed E-state index contributed by atoms with van der Waals surface area (Å²) in [5.74, 6) is 1.84. The zero-order valence-electron chi connectivity index (χ0n) is 32.5. The van der Waals surface area contributed by atoms with Crippen LogP contribution in [0.15, 0.2) is 223 Å². The first-order valence-corrected chi connectivity index (χ1v) is 20.1. The summed E-state index contributed by atoms with van der Waals surface area (Å²) in [5.41, 5.74) is 12.2. The van der Waals surface area contributed by atoms with Gasteiger partial charge in [-0.2, -0.15) is 0 Å². The Morgan fingerprint density at radius 1 is 0.317 bits per heavy atom. The third-order valence-electron chi connectivity index (χ3n) is 11.1. The molecule has 0 fully saturated rings. The van der Waals surface area contributed by atoms with Crippen molar-refractivity contribution in [1.29, 1.82) is 0 Å². The highest BCUT2D eigenvalue weighted by Gasteiger charge is 2.20. The number of fused-ring (bicyclic) bond motifs is 4. The summed E-state index contributed by atoms with van der Waals surface area (Å²) in [7, 11) is 0. The molecule has 0 aliphatic carbocycles. The van der Waals surface area contributed by atoms with E-state index >= 15 is 0 Å². The van der Waals surface area contributed by atoms with Gasteiger partial charge in [-0.05, 0) is 76.2 Å². The predicted molar refractivity (Wildman–Crippen MR) is 246 cm³/mol. The third kappa shape index (κ3) is 6.35. The van der Waals surface area contributed by atoms with E-state index in [0.717, 1.165) is 77.6 Å². The molecule has 11 aromatic rings. The Morgan fingerprint density at radius 2 is 0.850 bits per heavy atom. The largest absolute Gasteiger partial charge is 0.456 e. The van der Waals surface area contributed by atoms with Crippen molar-refractivity contribution >= 4 is 49.8 Å². The summed E-state index contributed by atoms with van der Waals surface area (Å²) in [5, 5.41) is 4.28. The zero-order chi connectivity index (χ0) is 39.8. The van der Waals surface area contributed by atoms with Crippen molar-refractivity contribution in [3.05, 3.63) is 218 Å². The molecule has 0 saturated heterocycles. The van der Waals surface area contributed by atoms with Gasteiger partial charge >= 0.3 is 0 Å². The number of para-hydroxylation sites is 1. The van der Waals surface area contributed by atoms with Crippen LogP contribution in [0.3, 0.4) is 0 Å². The highest BCUT2D eigenvalue weighted by Crippen LogP contribution is 2.44. The lowest BCUT2D eigenvalue weighted by Gasteiger charge is -2.27. The van der Waals surface area contributed by atoms with Crippen molar-refractivity contribution in [3.63, 3.8) is 0 Å². The van der Waals surface area contributed by atoms with E-state index in [-0.39, 0.29) is 0 Å². The maximum Gasteiger partial charge on any atom is 0.164 e. The molecular formula is C55H36N4O. The van der Waals surface area contributed by atoms with Crippen LogP contribution in [0.25, 0.3) is 89.1 Å². The zero-order valence-corrected chi connectivity index (χ0v) is 32.5. The van der Waals surface area contributed by atoms with Gasteiger partial charge in [-0.25, -0.2) is 15.0 Å². The van der Waals surface area contributed by atoms with Gasteiger partial charge in [0, 0.05) is 44.2 Å². The van der Waals surface area contributed by atoms with Gasteiger partial charge in [0.2, 0.25) is 0 Å². The summed E-state index contributed by atoms with van der Waals surface area (Å²) < 4.78 is 6.66. The molecule has 0 amide bonds. The minimum absolute atomic E-state index is 0.597. The number of benzene rings is 9. The van der Waals surface area contributed by atoms with E-state index < -0.39 is 0 Å². The van der Waals surface area contributed by atoms with Gasteiger partial charge < -0.3 is 9.32 Å². The number of nitrogens with zero attached hydrogens (tertiary/aromatic N) is 4. The maximum atomic E-state index is 6.66. The molecule has 282 valence electrons. The molecule has 0 radical (unpaired) electrons. The molecule has 0 bridgehead atoms. The molecule has 11 rings (SSSR count). The molecule has 0 spiro atoms. The Hall–Kier alpha value is -8.15. The van der Waals surface area contributed by atoms with Gasteiger partial charge in [0.05, 0.1) is 5.69 Å². The summed E-state index contributed by atoms with van der Waals surface area (Å²) >= 11 is 0. The van der Waals surface area contributed by atoms with Crippen molar-refractivity contribution < 1.29 is 4.42 Å². The van der Waals surface area contributed by atoms with Crippen LogP contribution in [-0.2, 0) is 0 Å². The van der Waals surface area contributed by atoms with E-state index in [2.05, 4.69) is 150 Å². The van der Waals surface area contributed by atoms with Gasteiger partial charge in [0.25, 0.3) is 0 Å². The Morgan fingerprint density at radius 3 is 1.52 bits per heavy atom. The molecule has 0 N–H and O–H groups in total. The molecule has 0 saturated carbocycles. The van der Waals surface area contributed by atoms with E-state index in [4.69, 9.17) is 19.4 Å². The second-order valence-corrected chi connectivity index (χ2v) is 14.8. The van der Waals surface area contributed by atoms with Crippen LogP contribution in [0.4, 0.5) is 17.1 Å². The van der Waals surface area contributed by atoms with Gasteiger partial charge in [-0.15, -0.1) is 0 Å². The van der Waals surface area contributed by atoms with E-state index in [1.54, 1.807) is 0 Å². The minimum Gasteiger partial charge on any atom is -0.456 e. The summed E-state index contributed by atoms with van der Waals surface area (Å²) in [6, 6.07) is 75.8. The molecule has 60 heavy (non-hydrogen) atoms. The molecule has 0 atom stereocenters. The van der Waals surface area contributed by atoms with Crippen LogP contribution in [0.5, 0.6) is 0 Å². The minimum atomic E-state index is 0.597. The van der Waals surface area contributed by atoms with Crippen LogP contribution in [0, 0.1) is 0 Å². The van der Waals surface area contributed by atoms with Gasteiger partial charge in [0.1, 0.15) is 11.2 Å². The quantitative estimate of drug-likeness (QED) is 0.154. The van der Waals surface area contributed by atoms with Gasteiger partial charge in [-0.1, -0.05) is 170 Å². The standard InChI is InChI=1S/C55H36N4O/c1-5-16-37(17-6-1)38-28-31-43(32-29-38)59(42-22-11-4-12-23-42)49-35-34-44(45-24-13-14-25-46(45)49)41-30-33-47-51(36-41)60-50-27-15-26-48(52(47)50)55-57-53(39-18-7-2-8-19-39)56-54(58-55)40-20-9-3-10-21-40/h1-36H. The molecule has 2 heterocycles. The van der Waals surface area contributed by atoms with Crippen LogP contribution < -0.4 is 4.90 Å². The Bertz CT molecular complexity index is 3240. The van der Waals surface area contributed by atoms with Crippen molar-refractivity contribution in [2.75, 3.05) is 4.90 Å². The summed E-state index contributed by atoms with van der Waals surface area (Å²) in [6.07, 6.45) is 0. The van der Waals surface area contributed by atoms with Gasteiger partial charge in [0.15, 0.2) is 17.5 Å². The Balaban J connectivity index is 1.02. The highest BCUT2D eigenvalue weighted by molar-refractivity contribution is 6.13. The number of hydrogen-bond acceptors (Lipinski definition) is 5. The maximum absolute atomic E-state index is 6.66. The SMILES string of the molecule is c1ccc(-c2ccc(N(c3ccccc3)c3ccc(-c4ccc5c(c4)oc4cccc(-c6nc(-c7ccccc7)nc(-c7ccccc7)n6)c45)c4ccccc34)cc2)cc1. The normalized spacial score (nSPS) is 11.3. The smallest absolute Gasteiger partial charge is 0.164 e. The lowest BCUT2D eigenvalue weighted by Crippen LogP contribution is -2.10. The first-order valence-electron chi connectivity index (χ1n) is 20.1. The fourth-order valence-corrected chi connectivity index (χ4v) is 8.28. The van der Waals surface area contributed by atoms with Crippen LogP contribution >= 0.6 is 0 Å². The first-order chi connectivity index (χ1) is 29.7. The molecule has 5 heteroatoms. The Labute approximate surface area is 347 Å². The monoisotopic (exact) mass is 768 g/mol. The number of rotatable bonds is 8. The topological polar surface area (TPSA) is 55.1 Å². The van der Waals surface area contributed by atoms with E-state index in [0.29, 0.717) is 17.5 Å². The summed E-state index contributed by atoms with van der Waals surface area (Å²) in [6.45, 7) is 0.